The summed E-state index contributed by atoms with van der Waals surface area (Å²) in [6.45, 7) is 16.1. The summed E-state index contributed by atoms with van der Waals surface area (Å²) < 4.78 is 5.31. The van der Waals surface area contributed by atoms with Gasteiger partial charge in [0.05, 0.1) is 28.9 Å². The van der Waals surface area contributed by atoms with E-state index in [2.05, 4.69) is 61.9 Å². The summed E-state index contributed by atoms with van der Waals surface area (Å²) in [5, 5.41) is 13.7. The topological polar surface area (TPSA) is 111 Å². The number of allylic oxidation sites excluding steroid dienone is 2. The number of Topliss-reactive ketones (excluding diaryl/α,β-unsaturated/α-hetero) is 1. The molecule has 0 fully saturated rings. The van der Waals surface area contributed by atoms with Gasteiger partial charge in [0.2, 0.25) is 0 Å². The van der Waals surface area contributed by atoms with Crippen LogP contribution in [0.4, 0.5) is 0 Å². The first-order chi connectivity index (χ1) is 18.1. The number of aryl methyl sites for hydroxylation is 1. The van der Waals surface area contributed by atoms with Gasteiger partial charge in [-0.25, -0.2) is 4.99 Å². The van der Waals surface area contributed by atoms with Gasteiger partial charge in [-0.05, 0) is 98.6 Å². The molecule has 0 saturated heterocycles. The third-order valence-electron chi connectivity index (χ3n) is 7.56. The average molecular weight is 512 g/mol. The number of aromatic amines is 2. The molecule has 4 heterocycles. The molecular weight excluding hydrogens is 474 g/mol. The van der Waals surface area contributed by atoms with Gasteiger partial charge in [-0.3, -0.25) is 10.2 Å². The van der Waals surface area contributed by atoms with E-state index in [1.54, 1.807) is 12.3 Å². The van der Waals surface area contributed by atoms with E-state index in [0.717, 1.165) is 69.6 Å². The third-order valence-corrected chi connectivity index (χ3v) is 7.56. The van der Waals surface area contributed by atoms with E-state index in [9.17, 15) is 4.79 Å². The zero-order chi connectivity index (χ0) is 27.7. The molecule has 38 heavy (non-hydrogen) atoms. The maximum absolute atomic E-state index is 11.6. The predicted molar refractivity (Wildman–Crippen MR) is 154 cm³/mol. The zero-order valence-electron chi connectivity index (χ0n) is 23.6. The Hall–Kier alpha value is -4.00. The Kier molecular flexibility index (Phi) is 7.67. The second kappa shape index (κ2) is 10.8. The first-order valence-electron chi connectivity index (χ1n) is 13.2. The Morgan fingerprint density at radius 2 is 1.66 bits per heavy atom. The first-order valence-corrected chi connectivity index (χ1v) is 13.2. The van der Waals surface area contributed by atoms with Crippen LogP contribution in [0.5, 0.6) is 0 Å². The van der Waals surface area contributed by atoms with E-state index in [1.165, 1.54) is 34.8 Å². The third kappa shape index (κ3) is 4.80. The molecule has 0 amide bonds. The maximum Gasteiger partial charge on any atom is 0.177 e. The SMILES string of the molecule is CCC1=C(C)C(=Cc2[nH]c(/C=c3\[nH]/c(=C/C(=N)C(C)=O)c(C)c3CC)c(CC)c2C)N=C1c1cnoc1C. The summed E-state index contributed by atoms with van der Waals surface area (Å²) in [7, 11) is 0. The Morgan fingerprint density at radius 1 is 0.947 bits per heavy atom. The van der Waals surface area contributed by atoms with Crippen LogP contribution in [-0.2, 0) is 17.6 Å². The number of aliphatic imine (C=N–C) groups is 1. The molecule has 4 rings (SSSR count). The van der Waals surface area contributed by atoms with Gasteiger partial charge in [0.15, 0.2) is 5.78 Å². The first kappa shape index (κ1) is 27.0. The lowest BCUT2D eigenvalue weighted by Gasteiger charge is -2.03. The lowest BCUT2D eigenvalue weighted by Crippen LogP contribution is -2.16. The molecule has 3 aromatic heterocycles. The van der Waals surface area contributed by atoms with Crippen LogP contribution in [0, 0.1) is 26.2 Å². The van der Waals surface area contributed by atoms with Crippen molar-refractivity contribution in [2.45, 2.75) is 74.7 Å². The Balaban J connectivity index is 1.85. The fourth-order valence-corrected chi connectivity index (χ4v) is 5.26. The van der Waals surface area contributed by atoms with E-state index in [0.29, 0.717) is 0 Å². The van der Waals surface area contributed by atoms with E-state index in [4.69, 9.17) is 14.9 Å². The summed E-state index contributed by atoms with van der Waals surface area (Å²) >= 11 is 0. The molecule has 0 spiro atoms. The van der Waals surface area contributed by atoms with Crippen molar-refractivity contribution >= 4 is 35.4 Å². The zero-order valence-corrected chi connectivity index (χ0v) is 23.6. The van der Waals surface area contributed by atoms with Crippen molar-refractivity contribution in [3.8, 4) is 0 Å². The Bertz CT molecular complexity index is 1650. The highest BCUT2D eigenvalue weighted by atomic mass is 16.5. The van der Waals surface area contributed by atoms with Gasteiger partial charge in [0.25, 0.3) is 0 Å². The minimum atomic E-state index is -0.249. The van der Waals surface area contributed by atoms with Gasteiger partial charge < -0.3 is 14.5 Å². The van der Waals surface area contributed by atoms with Crippen molar-refractivity contribution in [2.75, 3.05) is 0 Å². The number of ketones is 1. The average Bonchev–Trinajstić information content (AvgIpc) is 3.60. The van der Waals surface area contributed by atoms with Crippen molar-refractivity contribution in [1.82, 2.24) is 15.1 Å². The number of nitrogens with one attached hydrogen (secondary N) is 3. The van der Waals surface area contributed by atoms with Gasteiger partial charge in [0, 0.05) is 29.0 Å². The van der Waals surface area contributed by atoms with Crippen LogP contribution in [0.1, 0.15) is 86.0 Å². The summed E-state index contributed by atoms with van der Waals surface area (Å²) in [4.78, 5) is 23.7. The highest BCUT2D eigenvalue weighted by Gasteiger charge is 2.24. The van der Waals surface area contributed by atoms with Crippen LogP contribution in [-0.4, -0.2) is 32.3 Å². The molecule has 0 bridgehead atoms. The van der Waals surface area contributed by atoms with Crippen molar-refractivity contribution in [3.63, 3.8) is 0 Å². The van der Waals surface area contributed by atoms with Crippen LogP contribution < -0.4 is 10.7 Å². The minimum Gasteiger partial charge on any atom is -0.361 e. The molecular formula is C31H37N5O2. The molecule has 3 aromatic rings. The molecule has 0 aromatic carbocycles. The minimum absolute atomic E-state index is 0.00446. The number of rotatable bonds is 8. The Labute approximate surface area is 223 Å². The molecule has 1 aliphatic heterocycles. The smallest absolute Gasteiger partial charge is 0.177 e. The highest BCUT2D eigenvalue weighted by Crippen LogP contribution is 2.33. The van der Waals surface area contributed by atoms with Crippen LogP contribution in [0.3, 0.4) is 0 Å². The van der Waals surface area contributed by atoms with Gasteiger partial charge in [0.1, 0.15) is 5.76 Å². The summed E-state index contributed by atoms with van der Waals surface area (Å²) in [6.07, 6.45) is 10.3. The van der Waals surface area contributed by atoms with E-state index >= 15 is 0 Å². The predicted octanol–water partition coefficient (Wildman–Crippen LogP) is 5.17. The molecule has 7 nitrogen and oxygen atoms in total. The molecule has 0 unspecified atom stereocenters. The number of carbonyl (C=O) groups is 1. The van der Waals surface area contributed by atoms with Gasteiger partial charge in [-0.1, -0.05) is 25.9 Å². The molecule has 7 heteroatoms. The number of hydrogen-bond donors (Lipinski definition) is 3. The summed E-state index contributed by atoms with van der Waals surface area (Å²) in [5.74, 6) is 0.522. The molecule has 0 saturated carbocycles. The summed E-state index contributed by atoms with van der Waals surface area (Å²) in [5.41, 5.74) is 12.0. The molecule has 198 valence electrons. The Morgan fingerprint density at radius 3 is 2.24 bits per heavy atom. The monoisotopic (exact) mass is 511 g/mol. The maximum atomic E-state index is 11.6. The number of nitrogens with zero attached hydrogens (tertiary/aromatic N) is 2. The highest BCUT2D eigenvalue weighted by molar-refractivity contribution is 6.48. The van der Waals surface area contributed by atoms with Gasteiger partial charge in [-0.15, -0.1) is 0 Å². The van der Waals surface area contributed by atoms with E-state index < -0.39 is 0 Å². The van der Waals surface area contributed by atoms with E-state index in [1.807, 2.05) is 13.8 Å². The van der Waals surface area contributed by atoms with Gasteiger partial charge >= 0.3 is 0 Å². The van der Waals surface area contributed by atoms with Crippen molar-refractivity contribution in [1.29, 1.82) is 5.41 Å². The normalized spacial score (nSPS) is 15.8. The molecule has 0 atom stereocenters. The summed E-state index contributed by atoms with van der Waals surface area (Å²) in [6, 6.07) is 0. The standard InChI is InChI=1S/C31H37N5O2/c1-9-21-16(4)26(12-25(32)19(7)37)34-29(21)14-30-22(10-2)17(5)27(35-30)13-28-18(6)23(11-3)31(36-28)24-15-33-38-20(24)8/h12-15,32,34-35H,9-11H2,1-8H3/b26-12+,28-13?,29-14-,32-25?. The number of carbonyl (C=O) groups excluding carboxylic acids is 1. The van der Waals surface area contributed by atoms with Crippen molar-refractivity contribution in [3.05, 3.63) is 78.7 Å². The van der Waals surface area contributed by atoms with Crippen LogP contribution in [0.25, 0.3) is 18.2 Å². The number of hydrogen-bond acceptors (Lipinski definition) is 5. The molecule has 1 aliphatic rings. The molecule has 0 radical (unpaired) electrons. The van der Waals surface area contributed by atoms with Gasteiger partial charge in [-0.2, -0.15) is 0 Å². The molecule has 3 N–H and O–H groups in total. The van der Waals surface area contributed by atoms with Crippen LogP contribution in [0.15, 0.2) is 32.6 Å². The lowest BCUT2D eigenvalue weighted by atomic mass is 9.98. The van der Waals surface area contributed by atoms with Crippen molar-refractivity contribution < 1.29 is 9.32 Å². The number of aromatic nitrogens is 3. The number of H-pyrrole nitrogens is 2. The van der Waals surface area contributed by atoms with E-state index in [-0.39, 0.29) is 11.5 Å². The largest absolute Gasteiger partial charge is 0.361 e. The van der Waals surface area contributed by atoms with Crippen LogP contribution in [0.2, 0.25) is 0 Å². The van der Waals surface area contributed by atoms with Crippen molar-refractivity contribution in [2.24, 2.45) is 4.99 Å². The second-order valence-electron chi connectivity index (χ2n) is 9.82. The fraction of sp³-hybridized carbons (Fsp3) is 0.355. The quantitative estimate of drug-likeness (QED) is 0.363. The lowest BCUT2D eigenvalue weighted by molar-refractivity contribution is -0.111. The second-order valence-corrected chi connectivity index (χ2v) is 9.82. The van der Waals surface area contributed by atoms with Crippen LogP contribution >= 0.6 is 0 Å². The fourth-order valence-electron chi connectivity index (χ4n) is 5.26. The molecule has 0 aliphatic carbocycles.